The maximum absolute atomic E-state index is 11.5. The number of hydrogen-bond acceptors (Lipinski definition) is 3. The van der Waals surface area contributed by atoms with Crippen molar-refractivity contribution in [2.75, 3.05) is 13.1 Å². The monoisotopic (exact) mass is 246 g/mol. The number of amides is 1. The highest BCUT2D eigenvalue weighted by Gasteiger charge is 2.16. The molecule has 0 aromatic carbocycles. The standard InChI is InChI=1S/C10H14N2OS.ClH/c13-10(6-9-2-1-5-14-9)12-8-3-4-11-7-8;/h1-2,5,8,11H,3-4,6-7H2,(H,12,13);1H. The number of halogens is 1. The lowest BCUT2D eigenvalue weighted by Gasteiger charge is -2.10. The van der Waals surface area contributed by atoms with E-state index in [0.29, 0.717) is 12.5 Å². The van der Waals surface area contributed by atoms with Crippen molar-refractivity contribution in [1.82, 2.24) is 10.6 Å². The van der Waals surface area contributed by atoms with E-state index < -0.39 is 0 Å². The second-order valence-corrected chi connectivity index (χ2v) is 4.55. The number of rotatable bonds is 3. The number of nitrogens with one attached hydrogen (secondary N) is 2. The largest absolute Gasteiger partial charge is 0.352 e. The molecule has 1 fully saturated rings. The minimum Gasteiger partial charge on any atom is -0.352 e. The van der Waals surface area contributed by atoms with Gasteiger partial charge in [0.05, 0.1) is 6.42 Å². The summed E-state index contributed by atoms with van der Waals surface area (Å²) in [6.45, 7) is 1.93. The van der Waals surface area contributed by atoms with Crippen LogP contribution in [0.5, 0.6) is 0 Å². The maximum atomic E-state index is 11.5. The Kier molecular flexibility index (Phi) is 5.08. The maximum Gasteiger partial charge on any atom is 0.225 e. The summed E-state index contributed by atoms with van der Waals surface area (Å²) in [5, 5.41) is 8.25. The molecule has 0 bridgehead atoms. The van der Waals surface area contributed by atoms with Crippen molar-refractivity contribution >= 4 is 29.7 Å². The molecular weight excluding hydrogens is 232 g/mol. The molecule has 1 amide bonds. The van der Waals surface area contributed by atoms with Gasteiger partial charge < -0.3 is 10.6 Å². The van der Waals surface area contributed by atoms with Crippen molar-refractivity contribution in [3.05, 3.63) is 22.4 Å². The van der Waals surface area contributed by atoms with E-state index in [1.54, 1.807) is 11.3 Å². The molecule has 1 aromatic heterocycles. The Balaban J connectivity index is 0.00000112. The second kappa shape index (κ2) is 6.10. The first kappa shape index (κ1) is 12.5. The molecule has 0 spiro atoms. The number of thiophene rings is 1. The number of carbonyl (C=O) groups excluding carboxylic acids is 1. The molecule has 0 radical (unpaired) electrons. The molecule has 1 atom stereocenters. The van der Waals surface area contributed by atoms with E-state index in [1.165, 1.54) is 0 Å². The Morgan fingerprint density at radius 3 is 3.13 bits per heavy atom. The minimum absolute atomic E-state index is 0. The van der Waals surface area contributed by atoms with Gasteiger partial charge >= 0.3 is 0 Å². The van der Waals surface area contributed by atoms with Crippen molar-refractivity contribution < 1.29 is 4.79 Å². The zero-order valence-corrected chi connectivity index (χ0v) is 10.00. The van der Waals surface area contributed by atoms with Crippen LogP contribution in [-0.4, -0.2) is 25.0 Å². The van der Waals surface area contributed by atoms with Gasteiger partial charge in [-0.1, -0.05) is 6.07 Å². The highest BCUT2D eigenvalue weighted by Crippen LogP contribution is 2.09. The third kappa shape index (κ3) is 3.81. The van der Waals surface area contributed by atoms with Gasteiger partial charge in [-0.2, -0.15) is 0 Å². The SMILES string of the molecule is Cl.O=C(Cc1cccs1)NC1CCNC1. The molecule has 1 aromatic rings. The average Bonchev–Trinajstić information content (AvgIpc) is 2.76. The quantitative estimate of drug-likeness (QED) is 0.841. The van der Waals surface area contributed by atoms with E-state index in [-0.39, 0.29) is 18.3 Å². The zero-order chi connectivity index (χ0) is 9.80. The average molecular weight is 247 g/mol. The third-order valence-electron chi connectivity index (χ3n) is 2.34. The summed E-state index contributed by atoms with van der Waals surface area (Å²) in [7, 11) is 0. The summed E-state index contributed by atoms with van der Waals surface area (Å²) < 4.78 is 0. The van der Waals surface area contributed by atoms with Gasteiger partial charge in [-0.05, 0) is 24.4 Å². The van der Waals surface area contributed by atoms with Gasteiger partial charge in [-0.25, -0.2) is 0 Å². The van der Waals surface area contributed by atoms with Gasteiger partial charge in [-0.3, -0.25) is 4.79 Å². The Bertz CT molecular complexity index is 296. The fraction of sp³-hybridized carbons (Fsp3) is 0.500. The van der Waals surface area contributed by atoms with Gasteiger partial charge in [0.1, 0.15) is 0 Å². The summed E-state index contributed by atoms with van der Waals surface area (Å²) in [5.41, 5.74) is 0. The van der Waals surface area contributed by atoms with Crippen LogP contribution in [0.1, 0.15) is 11.3 Å². The van der Waals surface area contributed by atoms with E-state index >= 15 is 0 Å². The lowest BCUT2D eigenvalue weighted by Crippen LogP contribution is -2.36. The van der Waals surface area contributed by atoms with Crippen LogP contribution in [0.25, 0.3) is 0 Å². The summed E-state index contributed by atoms with van der Waals surface area (Å²) in [6, 6.07) is 4.31. The molecule has 0 aliphatic carbocycles. The van der Waals surface area contributed by atoms with Crippen LogP contribution >= 0.6 is 23.7 Å². The molecule has 1 unspecified atom stereocenters. The fourth-order valence-electron chi connectivity index (χ4n) is 1.63. The molecular formula is C10H15ClN2OS. The van der Waals surface area contributed by atoms with Crippen molar-refractivity contribution in [2.45, 2.75) is 18.9 Å². The lowest BCUT2D eigenvalue weighted by molar-refractivity contribution is -0.120. The lowest BCUT2D eigenvalue weighted by atomic mass is 10.2. The van der Waals surface area contributed by atoms with Crippen molar-refractivity contribution in [2.24, 2.45) is 0 Å². The number of hydrogen-bond donors (Lipinski definition) is 2. The Hall–Kier alpha value is -0.580. The smallest absolute Gasteiger partial charge is 0.225 e. The van der Waals surface area contributed by atoms with Gasteiger partial charge in [0.15, 0.2) is 0 Å². The van der Waals surface area contributed by atoms with Crippen LogP contribution < -0.4 is 10.6 Å². The van der Waals surface area contributed by atoms with E-state index in [4.69, 9.17) is 0 Å². The van der Waals surface area contributed by atoms with Gasteiger partial charge in [0.2, 0.25) is 5.91 Å². The first-order valence-corrected chi connectivity index (χ1v) is 5.75. The van der Waals surface area contributed by atoms with E-state index in [9.17, 15) is 4.79 Å². The fourth-order valence-corrected chi connectivity index (χ4v) is 2.33. The summed E-state index contributed by atoms with van der Waals surface area (Å²) >= 11 is 1.63. The minimum atomic E-state index is 0. The molecule has 3 nitrogen and oxygen atoms in total. The van der Waals surface area contributed by atoms with Crippen molar-refractivity contribution in [3.63, 3.8) is 0 Å². The van der Waals surface area contributed by atoms with Crippen LogP contribution in [0.15, 0.2) is 17.5 Å². The Morgan fingerprint density at radius 1 is 1.67 bits per heavy atom. The molecule has 15 heavy (non-hydrogen) atoms. The van der Waals surface area contributed by atoms with Crippen LogP contribution in [0, 0.1) is 0 Å². The molecule has 0 saturated carbocycles. The second-order valence-electron chi connectivity index (χ2n) is 3.51. The van der Waals surface area contributed by atoms with E-state index in [1.807, 2.05) is 17.5 Å². The molecule has 1 aliphatic rings. The van der Waals surface area contributed by atoms with Crippen LogP contribution in [0.2, 0.25) is 0 Å². The van der Waals surface area contributed by atoms with Crippen LogP contribution in [0.4, 0.5) is 0 Å². The third-order valence-corrected chi connectivity index (χ3v) is 3.22. The van der Waals surface area contributed by atoms with Crippen molar-refractivity contribution in [3.8, 4) is 0 Å². The van der Waals surface area contributed by atoms with Gasteiger partial charge in [0, 0.05) is 17.5 Å². The molecule has 5 heteroatoms. The normalized spacial score (nSPS) is 19.6. The molecule has 1 saturated heterocycles. The zero-order valence-electron chi connectivity index (χ0n) is 8.36. The number of carbonyl (C=O) groups is 1. The predicted molar refractivity (Wildman–Crippen MR) is 64.7 cm³/mol. The van der Waals surface area contributed by atoms with E-state index in [0.717, 1.165) is 24.4 Å². The van der Waals surface area contributed by atoms with Crippen molar-refractivity contribution in [1.29, 1.82) is 0 Å². The predicted octanol–water partition coefficient (Wildman–Crippen LogP) is 1.19. The first-order chi connectivity index (χ1) is 6.84. The summed E-state index contributed by atoms with van der Waals surface area (Å²) in [6.07, 6.45) is 1.57. The molecule has 84 valence electrons. The molecule has 1 aliphatic heterocycles. The Morgan fingerprint density at radius 2 is 2.53 bits per heavy atom. The van der Waals surface area contributed by atoms with Gasteiger partial charge in [-0.15, -0.1) is 23.7 Å². The molecule has 2 rings (SSSR count). The van der Waals surface area contributed by atoms with E-state index in [2.05, 4.69) is 10.6 Å². The summed E-state index contributed by atoms with van der Waals surface area (Å²) in [4.78, 5) is 12.7. The van der Waals surface area contributed by atoms with Crippen LogP contribution in [0.3, 0.4) is 0 Å². The Labute approximate surface area is 99.7 Å². The molecule has 2 heterocycles. The highest BCUT2D eigenvalue weighted by atomic mass is 35.5. The molecule has 2 N–H and O–H groups in total. The first-order valence-electron chi connectivity index (χ1n) is 4.87. The van der Waals surface area contributed by atoms with Crippen LogP contribution in [-0.2, 0) is 11.2 Å². The van der Waals surface area contributed by atoms with Gasteiger partial charge in [0.25, 0.3) is 0 Å². The topological polar surface area (TPSA) is 41.1 Å². The summed E-state index contributed by atoms with van der Waals surface area (Å²) in [5.74, 6) is 0.140. The highest BCUT2D eigenvalue weighted by molar-refractivity contribution is 7.10.